The maximum absolute atomic E-state index is 5.89. The first-order valence-corrected chi connectivity index (χ1v) is 10.3. The predicted molar refractivity (Wildman–Crippen MR) is 124 cm³/mol. The van der Waals surface area contributed by atoms with Crippen molar-refractivity contribution in [2.75, 3.05) is 45.9 Å². The average Bonchev–Trinajstić information content (AvgIpc) is 3.13. The molecule has 1 saturated heterocycles. The molecule has 1 aliphatic heterocycles. The monoisotopic (exact) mass is 524 g/mol. The highest BCUT2D eigenvalue weighted by molar-refractivity contribution is 14.0. The number of guanidine groups is 1. The summed E-state index contributed by atoms with van der Waals surface area (Å²) < 4.78 is 16.6. The molecule has 0 saturated carbocycles. The summed E-state index contributed by atoms with van der Waals surface area (Å²) in [6.07, 6.45) is -0.0338. The molecule has 2 unspecified atom stereocenters. The van der Waals surface area contributed by atoms with Gasteiger partial charge in [0.2, 0.25) is 5.89 Å². The van der Waals surface area contributed by atoms with Crippen LogP contribution in [0.4, 0.5) is 0 Å². The molecule has 0 radical (unpaired) electrons. The Morgan fingerprint density at radius 1 is 1.31 bits per heavy atom. The largest absolute Gasteiger partial charge is 0.374 e. The van der Waals surface area contributed by atoms with Crippen molar-refractivity contribution in [2.24, 2.45) is 10.9 Å². The number of aromatic nitrogens is 2. The van der Waals surface area contributed by atoms with Gasteiger partial charge >= 0.3 is 0 Å². The van der Waals surface area contributed by atoms with Gasteiger partial charge in [-0.2, -0.15) is 4.98 Å². The van der Waals surface area contributed by atoms with Crippen molar-refractivity contribution < 1.29 is 14.0 Å². The summed E-state index contributed by atoms with van der Waals surface area (Å²) in [6, 6.07) is 0. The van der Waals surface area contributed by atoms with Gasteiger partial charge in [-0.15, -0.1) is 24.0 Å². The molecule has 1 fully saturated rings. The molecule has 0 bridgehead atoms. The topological polar surface area (TPSA) is 97.0 Å². The number of nitrogens with one attached hydrogen (secondary N) is 2. The molecule has 0 spiro atoms. The van der Waals surface area contributed by atoms with E-state index in [1.165, 1.54) is 0 Å². The lowest BCUT2D eigenvalue weighted by Gasteiger charge is -2.34. The third-order valence-corrected chi connectivity index (χ3v) is 4.32. The van der Waals surface area contributed by atoms with Gasteiger partial charge in [0, 0.05) is 39.3 Å². The van der Waals surface area contributed by atoms with Gasteiger partial charge in [-0.25, -0.2) is 4.99 Å². The second-order valence-electron chi connectivity index (χ2n) is 7.37. The fraction of sp³-hybridized carbons (Fsp3) is 0.842. The summed E-state index contributed by atoms with van der Waals surface area (Å²) in [5.41, 5.74) is 0. The molecule has 9 nitrogen and oxygen atoms in total. The van der Waals surface area contributed by atoms with Crippen molar-refractivity contribution in [3.63, 3.8) is 0 Å². The minimum Gasteiger partial charge on any atom is -0.374 e. The van der Waals surface area contributed by atoms with E-state index < -0.39 is 0 Å². The maximum Gasteiger partial charge on any atom is 0.248 e. The van der Waals surface area contributed by atoms with E-state index in [9.17, 15) is 0 Å². The van der Waals surface area contributed by atoms with Gasteiger partial charge in [-0.3, -0.25) is 4.90 Å². The van der Waals surface area contributed by atoms with E-state index in [0.29, 0.717) is 43.3 Å². The van der Waals surface area contributed by atoms with Gasteiger partial charge in [-0.05, 0) is 26.7 Å². The molecular formula is C19H37IN6O3. The molecule has 1 aromatic rings. The average molecular weight is 524 g/mol. The Hall–Kier alpha value is -0.980. The van der Waals surface area contributed by atoms with Gasteiger partial charge in [-0.1, -0.05) is 19.0 Å². The molecule has 2 atom stereocenters. The lowest BCUT2D eigenvalue weighted by atomic mass is 10.2. The molecule has 29 heavy (non-hydrogen) atoms. The maximum atomic E-state index is 5.89. The predicted octanol–water partition coefficient (Wildman–Crippen LogP) is 2.20. The van der Waals surface area contributed by atoms with E-state index in [4.69, 9.17) is 14.0 Å². The van der Waals surface area contributed by atoms with Crippen LogP contribution in [0.3, 0.4) is 0 Å². The zero-order chi connectivity index (χ0) is 20.4. The molecule has 0 aliphatic carbocycles. The fourth-order valence-corrected chi connectivity index (χ4v) is 3.11. The van der Waals surface area contributed by atoms with Gasteiger partial charge in [0.15, 0.2) is 11.8 Å². The first-order chi connectivity index (χ1) is 13.5. The Morgan fingerprint density at radius 2 is 2.10 bits per heavy atom. The fourth-order valence-electron chi connectivity index (χ4n) is 3.11. The molecule has 1 aromatic heterocycles. The van der Waals surface area contributed by atoms with Crippen molar-refractivity contribution >= 4 is 29.9 Å². The third-order valence-electron chi connectivity index (χ3n) is 4.32. The van der Waals surface area contributed by atoms with E-state index in [2.05, 4.69) is 44.5 Å². The molecule has 0 amide bonds. The highest BCUT2D eigenvalue weighted by atomic mass is 127. The van der Waals surface area contributed by atoms with Crippen LogP contribution < -0.4 is 10.6 Å². The molecule has 168 valence electrons. The second kappa shape index (κ2) is 14.1. The summed E-state index contributed by atoms with van der Waals surface area (Å²) >= 11 is 0. The van der Waals surface area contributed by atoms with Crippen LogP contribution in [0, 0.1) is 5.92 Å². The number of morpholine rings is 1. The highest BCUT2D eigenvalue weighted by Crippen LogP contribution is 2.13. The number of rotatable bonds is 10. The summed E-state index contributed by atoms with van der Waals surface area (Å²) in [5, 5.41) is 10.6. The molecule has 10 heteroatoms. The van der Waals surface area contributed by atoms with E-state index in [1.807, 2.05) is 20.8 Å². The van der Waals surface area contributed by atoms with Gasteiger partial charge in [0.1, 0.15) is 12.6 Å². The van der Waals surface area contributed by atoms with E-state index in [1.54, 1.807) is 0 Å². The quantitative estimate of drug-likeness (QED) is 0.273. The normalized spacial score (nSPS) is 19.1. The first kappa shape index (κ1) is 26.1. The van der Waals surface area contributed by atoms with Crippen molar-refractivity contribution in [2.45, 2.75) is 53.4 Å². The summed E-state index contributed by atoms with van der Waals surface area (Å²) in [7, 11) is 0. The molecule has 0 aromatic carbocycles. The minimum atomic E-state index is -0.185. The first-order valence-electron chi connectivity index (χ1n) is 10.3. The molecular weight excluding hydrogens is 487 g/mol. The summed E-state index contributed by atoms with van der Waals surface area (Å²) in [4.78, 5) is 11.4. The number of ether oxygens (including phenoxy) is 2. The number of hydrogen-bond donors (Lipinski definition) is 2. The molecule has 2 N–H and O–H groups in total. The zero-order valence-electron chi connectivity index (χ0n) is 18.3. The zero-order valence-corrected chi connectivity index (χ0v) is 20.6. The SMILES string of the molecule is CCNC(=NCc1nc(C(C)OCC)no1)NCC1CN(CC(C)C)CCO1.I. The lowest BCUT2D eigenvalue weighted by Crippen LogP contribution is -2.50. The Kier molecular flexibility index (Phi) is 12.7. The Balaban J connectivity index is 0.00000420. The number of aliphatic imine (C=N–C) groups is 1. The second-order valence-corrected chi connectivity index (χ2v) is 7.37. The van der Waals surface area contributed by atoms with Crippen molar-refractivity contribution in [1.29, 1.82) is 0 Å². The van der Waals surface area contributed by atoms with E-state index in [0.717, 1.165) is 32.8 Å². The third kappa shape index (κ3) is 9.58. The van der Waals surface area contributed by atoms with Crippen molar-refractivity contribution in [1.82, 2.24) is 25.7 Å². The van der Waals surface area contributed by atoms with E-state index >= 15 is 0 Å². The molecule has 2 rings (SSSR count). The molecule has 2 heterocycles. The minimum absolute atomic E-state index is 0. The van der Waals surface area contributed by atoms with Crippen LogP contribution in [0.25, 0.3) is 0 Å². The Morgan fingerprint density at radius 3 is 2.79 bits per heavy atom. The smallest absolute Gasteiger partial charge is 0.248 e. The van der Waals surface area contributed by atoms with Crippen molar-refractivity contribution in [3.8, 4) is 0 Å². The van der Waals surface area contributed by atoms with Gasteiger partial charge in [0.05, 0.1) is 12.7 Å². The van der Waals surface area contributed by atoms with Crippen LogP contribution in [0.2, 0.25) is 0 Å². The number of halogens is 1. The van der Waals surface area contributed by atoms with Crippen LogP contribution >= 0.6 is 24.0 Å². The number of nitrogens with zero attached hydrogens (tertiary/aromatic N) is 4. The summed E-state index contributed by atoms with van der Waals surface area (Å²) in [5.74, 6) is 2.39. The van der Waals surface area contributed by atoms with Crippen LogP contribution in [-0.4, -0.2) is 73.0 Å². The Bertz CT molecular complexity index is 598. The van der Waals surface area contributed by atoms with Crippen LogP contribution in [-0.2, 0) is 16.0 Å². The highest BCUT2D eigenvalue weighted by Gasteiger charge is 2.21. The number of hydrogen-bond acceptors (Lipinski definition) is 7. The van der Waals surface area contributed by atoms with Crippen LogP contribution in [0.15, 0.2) is 9.52 Å². The van der Waals surface area contributed by atoms with E-state index in [-0.39, 0.29) is 36.2 Å². The summed E-state index contributed by atoms with van der Waals surface area (Å²) in [6.45, 7) is 16.6. The molecule has 1 aliphatic rings. The lowest BCUT2D eigenvalue weighted by molar-refractivity contribution is -0.0284. The van der Waals surface area contributed by atoms with Crippen molar-refractivity contribution in [3.05, 3.63) is 11.7 Å². The van der Waals surface area contributed by atoms with Crippen LogP contribution in [0.1, 0.15) is 52.4 Å². The van der Waals surface area contributed by atoms with Gasteiger partial charge < -0.3 is 24.6 Å². The standard InChI is InChI=1S/C19H36N6O3.HI/c1-6-20-19(21-10-16-13-25(8-9-27-16)12-14(3)4)22-11-17-23-18(24-28-17)15(5)26-7-2;/h14-16H,6-13H2,1-5H3,(H2,20,21,22);1H. The Labute approximate surface area is 191 Å². The van der Waals surface area contributed by atoms with Gasteiger partial charge in [0.25, 0.3) is 0 Å². The van der Waals surface area contributed by atoms with Crippen LogP contribution in [0.5, 0.6) is 0 Å².